The molecule has 1 saturated carbocycles. The molecular weight excluding hydrogens is 200 g/mol. The quantitative estimate of drug-likeness (QED) is 0.825. The van der Waals surface area contributed by atoms with E-state index in [1.54, 1.807) is 0 Å². The third kappa shape index (κ3) is 2.43. The van der Waals surface area contributed by atoms with Crippen LogP contribution in [0.5, 0.6) is 0 Å². The molecule has 0 bridgehead atoms. The molecule has 1 fully saturated rings. The van der Waals surface area contributed by atoms with Crippen LogP contribution in [0.1, 0.15) is 44.8 Å². The molecule has 2 N–H and O–H groups in total. The van der Waals surface area contributed by atoms with Crippen molar-refractivity contribution >= 4 is 0 Å². The van der Waals surface area contributed by atoms with Crippen LogP contribution in [0.25, 0.3) is 0 Å². The SMILES string of the molecule is CC(C)Cn1c(CN)nnc1CC1CCC1. The van der Waals surface area contributed by atoms with Crippen LogP contribution >= 0.6 is 0 Å². The molecule has 4 heteroatoms. The molecule has 0 radical (unpaired) electrons. The highest BCUT2D eigenvalue weighted by Crippen LogP contribution is 2.29. The van der Waals surface area contributed by atoms with E-state index >= 15 is 0 Å². The first-order valence-corrected chi connectivity index (χ1v) is 6.31. The van der Waals surface area contributed by atoms with Crippen LogP contribution in [-0.2, 0) is 19.5 Å². The molecule has 1 aromatic rings. The normalized spacial score (nSPS) is 16.8. The van der Waals surface area contributed by atoms with E-state index in [9.17, 15) is 0 Å². The molecule has 0 aliphatic heterocycles. The van der Waals surface area contributed by atoms with Crippen LogP contribution in [0, 0.1) is 11.8 Å². The standard InChI is InChI=1S/C12H22N4/c1-9(2)8-16-11(6-10-4-3-5-10)14-15-12(16)7-13/h9-10H,3-8,13H2,1-2H3. The summed E-state index contributed by atoms with van der Waals surface area (Å²) >= 11 is 0. The van der Waals surface area contributed by atoms with E-state index in [4.69, 9.17) is 5.73 Å². The van der Waals surface area contributed by atoms with Gasteiger partial charge < -0.3 is 10.3 Å². The van der Waals surface area contributed by atoms with E-state index in [-0.39, 0.29) is 0 Å². The van der Waals surface area contributed by atoms with Gasteiger partial charge in [0, 0.05) is 13.0 Å². The Labute approximate surface area is 97.2 Å². The first-order valence-electron chi connectivity index (χ1n) is 6.31. The molecule has 0 spiro atoms. The molecule has 0 amide bonds. The molecule has 2 rings (SSSR count). The van der Waals surface area contributed by atoms with Crippen LogP contribution in [0.2, 0.25) is 0 Å². The van der Waals surface area contributed by atoms with Crippen molar-refractivity contribution in [2.75, 3.05) is 0 Å². The molecule has 1 aromatic heterocycles. The Morgan fingerprint density at radius 3 is 2.50 bits per heavy atom. The largest absolute Gasteiger partial charge is 0.324 e. The van der Waals surface area contributed by atoms with Gasteiger partial charge in [-0.05, 0) is 11.8 Å². The van der Waals surface area contributed by atoms with Gasteiger partial charge in [-0.3, -0.25) is 0 Å². The van der Waals surface area contributed by atoms with E-state index in [1.165, 1.54) is 19.3 Å². The Morgan fingerprint density at radius 1 is 1.31 bits per heavy atom. The average molecular weight is 222 g/mol. The minimum Gasteiger partial charge on any atom is -0.324 e. The lowest BCUT2D eigenvalue weighted by Gasteiger charge is -2.25. The van der Waals surface area contributed by atoms with Gasteiger partial charge in [-0.25, -0.2) is 0 Å². The minimum atomic E-state index is 0.490. The van der Waals surface area contributed by atoms with E-state index in [1.807, 2.05) is 0 Å². The van der Waals surface area contributed by atoms with Crippen LogP contribution < -0.4 is 5.73 Å². The van der Waals surface area contributed by atoms with Crippen LogP contribution in [0.4, 0.5) is 0 Å². The van der Waals surface area contributed by atoms with Gasteiger partial charge >= 0.3 is 0 Å². The highest BCUT2D eigenvalue weighted by molar-refractivity contribution is 4.98. The number of hydrogen-bond donors (Lipinski definition) is 1. The zero-order valence-electron chi connectivity index (χ0n) is 10.3. The molecule has 0 unspecified atom stereocenters. The third-order valence-corrected chi connectivity index (χ3v) is 3.33. The zero-order chi connectivity index (χ0) is 11.5. The molecule has 1 aliphatic carbocycles. The number of nitrogens with zero attached hydrogens (tertiary/aromatic N) is 3. The Balaban J connectivity index is 2.11. The van der Waals surface area contributed by atoms with Crippen molar-refractivity contribution in [2.45, 2.75) is 52.6 Å². The highest BCUT2D eigenvalue weighted by atomic mass is 15.3. The van der Waals surface area contributed by atoms with Crippen molar-refractivity contribution in [2.24, 2.45) is 17.6 Å². The summed E-state index contributed by atoms with van der Waals surface area (Å²) in [4.78, 5) is 0. The van der Waals surface area contributed by atoms with Crippen molar-refractivity contribution in [1.82, 2.24) is 14.8 Å². The van der Waals surface area contributed by atoms with E-state index in [0.717, 1.165) is 30.5 Å². The van der Waals surface area contributed by atoms with E-state index in [2.05, 4.69) is 28.6 Å². The van der Waals surface area contributed by atoms with Gasteiger partial charge in [-0.2, -0.15) is 0 Å². The van der Waals surface area contributed by atoms with Gasteiger partial charge in [-0.15, -0.1) is 10.2 Å². The van der Waals surface area contributed by atoms with Gasteiger partial charge in [0.05, 0.1) is 6.54 Å². The van der Waals surface area contributed by atoms with Crippen molar-refractivity contribution in [3.63, 3.8) is 0 Å². The summed E-state index contributed by atoms with van der Waals surface area (Å²) < 4.78 is 2.23. The van der Waals surface area contributed by atoms with Gasteiger partial charge in [0.1, 0.15) is 11.6 Å². The van der Waals surface area contributed by atoms with Crippen molar-refractivity contribution in [3.8, 4) is 0 Å². The zero-order valence-corrected chi connectivity index (χ0v) is 10.3. The molecule has 90 valence electrons. The van der Waals surface area contributed by atoms with E-state index < -0.39 is 0 Å². The van der Waals surface area contributed by atoms with Crippen molar-refractivity contribution in [1.29, 1.82) is 0 Å². The van der Waals surface area contributed by atoms with E-state index in [0.29, 0.717) is 12.5 Å². The molecule has 0 aromatic carbocycles. The van der Waals surface area contributed by atoms with Gasteiger partial charge in [0.15, 0.2) is 0 Å². The third-order valence-electron chi connectivity index (χ3n) is 3.33. The summed E-state index contributed by atoms with van der Waals surface area (Å²) in [6.45, 7) is 5.91. The fraction of sp³-hybridized carbons (Fsp3) is 0.833. The first kappa shape index (κ1) is 11.6. The Hall–Kier alpha value is -0.900. The summed E-state index contributed by atoms with van der Waals surface area (Å²) in [5, 5.41) is 8.48. The second kappa shape index (κ2) is 4.95. The molecule has 1 aliphatic rings. The summed E-state index contributed by atoms with van der Waals surface area (Å²) in [5.74, 6) is 3.52. The Bertz CT molecular complexity index is 339. The lowest BCUT2D eigenvalue weighted by molar-refractivity contribution is 0.303. The Morgan fingerprint density at radius 2 is 2.00 bits per heavy atom. The topological polar surface area (TPSA) is 56.7 Å². The number of nitrogens with two attached hydrogens (primary N) is 1. The molecule has 0 saturated heterocycles. The first-order chi connectivity index (χ1) is 7.70. The second-order valence-electron chi connectivity index (χ2n) is 5.24. The number of rotatable bonds is 5. The molecule has 4 nitrogen and oxygen atoms in total. The summed E-state index contributed by atoms with van der Waals surface area (Å²) in [6, 6.07) is 0. The predicted molar refractivity (Wildman–Crippen MR) is 63.8 cm³/mol. The molecular formula is C12H22N4. The summed E-state index contributed by atoms with van der Waals surface area (Å²) in [5.41, 5.74) is 5.69. The maximum atomic E-state index is 5.69. The molecule has 0 atom stereocenters. The highest BCUT2D eigenvalue weighted by Gasteiger charge is 2.21. The Kier molecular flexibility index (Phi) is 3.59. The lowest BCUT2D eigenvalue weighted by atomic mass is 9.83. The smallest absolute Gasteiger partial charge is 0.146 e. The van der Waals surface area contributed by atoms with Crippen LogP contribution in [0.3, 0.4) is 0 Å². The maximum Gasteiger partial charge on any atom is 0.146 e. The maximum absolute atomic E-state index is 5.69. The van der Waals surface area contributed by atoms with Crippen LogP contribution in [0.15, 0.2) is 0 Å². The predicted octanol–water partition coefficient (Wildman–Crippen LogP) is 1.74. The van der Waals surface area contributed by atoms with Crippen molar-refractivity contribution in [3.05, 3.63) is 11.6 Å². The fourth-order valence-electron chi connectivity index (χ4n) is 2.21. The fourth-order valence-corrected chi connectivity index (χ4v) is 2.21. The van der Waals surface area contributed by atoms with Crippen LogP contribution in [-0.4, -0.2) is 14.8 Å². The number of aromatic nitrogens is 3. The molecule has 16 heavy (non-hydrogen) atoms. The molecule has 1 heterocycles. The second-order valence-corrected chi connectivity index (χ2v) is 5.24. The lowest BCUT2D eigenvalue weighted by Crippen LogP contribution is -2.19. The van der Waals surface area contributed by atoms with Gasteiger partial charge in [0.25, 0.3) is 0 Å². The average Bonchev–Trinajstić information content (AvgIpc) is 2.53. The van der Waals surface area contributed by atoms with Gasteiger partial charge in [0.2, 0.25) is 0 Å². The summed E-state index contributed by atoms with van der Waals surface area (Å²) in [6.07, 6.45) is 5.17. The monoisotopic (exact) mass is 222 g/mol. The number of hydrogen-bond acceptors (Lipinski definition) is 3. The van der Waals surface area contributed by atoms with Gasteiger partial charge in [-0.1, -0.05) is 33.1 Å². The minimum absolute atomic E-state index is 0.490. The summed E-state index contributed by atoms with van der Waals surface area (Å²) in [7, 11) is 0. The van der Waals surface area contributed by atoms with Crippen molar-refractivity contribution < 1.29 is 0 Å².